The predicted octanol–water partition coefficient (Wildman–Crippen LogP) is 5.29. The zero-order valence-electron chi connectivity index (χ0n) is 23.3. The predicted molar refractivity (Wildman–Crippen MR) is 161 cm³/mol. The summed E-state index contributed by atoms with van der Waals surface area (Å²) in [5.74, 6) is 1.13. The first-order chi connectivity index (χ1) is 20.5. The molecule has 0 bridgehead atoms. The highest BCUT2D eigenvalue weighted by molar-refractivity contribution is 7.92. The van der Waals surface area contributed by atoms with Crippen LogP contribution in [0.1, 0.15) is 48.1 Å². The van der Waals surface area contributed by atoms with Crippen LogP contribution < -0.4 is 4.90 Å². The molecule has 6 rings (SSSR count). The molecular weight excluding hydrogens is 546 g/mol. The molecule has 0 spiro atoms. The number of piperazine rings is 1. The molecule has 1 aliphatic carbocycles. The Balaban J connectivity index is 1.20. The van der Waals surface area contributed by atoms with Gasteiger partial charge in [-0.05, 0) is 61.4 Å². The third-order valence-electron chi connectivity index (χ3n) is 8.56. The Morgan fingerprint density at radius 1 is 0.786 bits per heavy atom. The van der Waals surface area contributed by atoms with Gasteiger partial charge >= 0.3 is 0 Å². The molecular formula is C33H33N5O3S. The molecule has 1 amide bonds. The summed E-state index contributed by atoms with van der Waals surface area (Å²) in [5, 5.41) is 8.63. The van der Waals surface area contributed by atoms with Crippen molar-refractivity contribution in [1.29, 1.82) is 5.26 Å². The highest BCUT2D eigenvalue weighted by atomic mass is 32.2. The number of carbonyl (C=O) groups is 1. The maximum atomic E-state index is 13.6. The summed E-state index contributed by atoms with van der Waals surface area (Å²) in [5.41, 5.74) is 2.63. The minimum absolute atomic E-state index is 0.0338. The molecule has 1 saturated carbocycles. The van der Waals surface area contributed by atoms with Gasteiger partial charge in [0, 0.05) is 32.1 Å². The van der Waals surface area contributed by atoms with Crippen LogP contribution in [-0.4, -0.2) is 55.4 Å². The molecule has 0 unspecified atom stereocenters. The number of carbonyl (C=O) groups excluding carboxylic acids is 1. The number of sulfone groups is 1. The van der Waals surface area contributed by atoms with Crippen LogP contribution in [0.25, 0.3) is 11.0 Å². The number of nitriles is 1. The van der Waals surface area contributed by atoms with Crippen molar-refractivity contribution in [2.24, 2.45) is 5.92 Å². The Labute approximate surface area is 246 Å². The molecule has 9 heteroatoms. The molecule has 8 nitrogen and oxygen atoms in total. The van der Waals surface area contributed by atoms with E-state index in [2.05, 4.69) is 29.2 Å². The van der Waals surface area contributed by atoms with Crippen LogP contribution in [0.15, 0.2) is 89.8 Å². The number of hydrogen-bond donors (Lipinski definition) is 0. The van der Waals surface area contributed by atoms with Crippen molar-refractivity contribution in [2.75, 3.05) is 31.1 Å². The number of rotatable bonds is 6. The SMILES string of the molecule is N#C[C@@H](c1nc2ccccc2nc1N1CCN(C(=O)C2CCC(c3ccccc3)CC2)CC1)S(=O)(=O)c1ccccc1. The quantitative estimate of drug-likeness (QED) is 0.305. The highest BCUT2D eigenvalue weighted by Gasteiger charge is 2.37. The number of anilines is 1. The first-order valence-corrected chi connectivity index (χ1v) is 16.0. The molecule has 1 aromatic heterocycles. The summed E-state index contributed by atoms with van der Waals surface area (Å²) < 4.78 is 27.2. The lowest BCUT2D eigenvalue weighted by Gasteiger charge is -2.39. The van der Waals surface area contributed by atoms with Gasteiger partial charge < -0.3 is 9.80 Å². The van der Waals surface area contributed by atoms with E-state index in [1.54, 1.807) is 24.3 Å². The number of amides is 1. The number of nitrogens with zero attached hydrogens (tertiary/aromatic N) is 5. The summed E-state index contributed by atoms with van der Waals surface area (Å²) in [4.78, 5) is 26.9. The van der Waals surface area contributed by atoms with E-state index in [4.69, 9.17) is 4.98 Å². The lowest BCUT2D eigenvalue weighted by atomic mass is 9.78. The number of aromatic nitrogens is 2. The standard InChI is InChI=1S/C33H33N5O3S/c34-23-30(42(40,41)27-11-5-2-6-12-27)31-32(36-29-14-8-7-13-28(29)35-31)37-19-21-38(22-20-37)33(39)26-17-15-25(16-18-26)24-9-3-1-4-10-24/h1-14,25-26,30H,15-22H2/t25?,26?,30-/m0/s1. The smallest absolute Gasteiger partial charge is 0.225 e. The second kappa shape index (κ2) is 11.9. The fourth-order valence-corrected chi connectivity index (χ4v) is 7.63. The third-order valence-corrected chi connectivity index (χ3v) is 10.4. The molecule has 0 N–H and O–H groups in total. The zero-order valence-corrected chi connectivity index (χ0v) is 24.2. The second-order valence-corrected chi connectivity index (χ2v) is 13.1. The van der Waals surface area contributed by atoms with E-state index in [1.165, 1.54) is 17.7 Å². The Bertz CT molecular complexity index is 1710. The van der Waals surface area contributed by atoms with Crippen LogP contribution in [0.2, 0.25) is 0 Å². The van der Waals surface area contributed by atoms with Crippen LogP contribution in [0.3, 0.4) is 0 Å². The number of fused-ring (bicyclic) bond motifs is 1. The average molecular weight is 580 g/mol. The van der Waals surface area contributed by atoms with Crippen LogP contribution in [0, 0.1) is 17.2 Å². The van der Waals surface area contributed by atoms with E-state index in [-0.39, 0.29) is 22.4 Å². The molecule has 1 aliphatic heterocycles. The van der Waals surface area contributed by atoms with Gasteiger partial charge in [-0.15, -0.1) is 0 Å². The fourth-order valence-electron chi connectivity index (χ4n) is 6.23. The Morgan fingerprint density at radius 2 is 1.36 bits per heavy atom. The van der Waals surface area contributed by atoms with Gasteiger partial charge in [-0.25, -0.2) is 18.4 Å². The van der Waals surface area contributed by atoms with Crippen molar-refractivity contribution < 1.29 is 13.2 Å². The third kappa shape index (κ3) is 5.47. The maximum Gasteiger partial charge on any atom is 0.225 e. The first kappa shape index (κ1) is 27.9. The molecule has 42 heavy (non-hydrogen) atoms. The molecule has 3 aromatic carbocycles. The van der Waals surface area contributed by atoms with Crippen molar-refractivity contribution >= 4 is 32.6 Å². The maximum absolute atomic E-state index is 13.6. The fraction of sp³-hybridized carbons (Fsp3) is 0.333. The van der Waals surface area contributed by atoms with Crippen molar-refractivity contribution in [1.82, 2.24) is 14.9 Å². The van der Waals surface area contributed by atoms with Gasteiger partial charge in [-0.1, -0.05) is 60.7 Å². The molecule has 0 radical (unpaired) electrons. The second-order valence-electron chi connectivity index (χ2n) is 11.1. The van der Waals surface area contributed by atoms with E-state index < -0.39 is 15.1 Å². The molecule has 1 saturated heterocycles. The molecule has 4 aromatic rings. The molecule has 1 atom stereocenters. The van der Waals surface area contributed by atoms with Crippen LogP contribution >= 0.6 is 0 Å². The van der Waals surface area contributed by atoms with Crippen molar-refractivity contribution in [3.63, 3.8) is 0 Å². The highest BCUT2D eigenvalue weighted by Crippen LogP contribution is 2.37. The Hall–Kier alpha value is -4.29. The number of benzene rings is 3. The van der Waals surface area contributed by atoms with Gasteiger partial charge in [0.2, 0.25) is 15.7 Å². The molecule has 2 aliphatic rings. The number of para-hydroxylation sites is 2. The zero-order chi connectivity index (χ0) is 29.1. The van der Waals surface area contributed by atoms with E-state index in [9.17, 15) is 18.5 Å². The van der Waals surface area contributed by atoms with Gasteiger partial charge in [-0.3, -0.25) is 4.79 Å². The van der Waals surface area contributed by atoms with Gasteiger partial charge in [-0.2, -0.15) is 5.26 Å². The first-order valence-electron chi connectivity index (χ1n) is 14.5. The van der Waals surface area contributed by atoms with Crippen LogP contribution in [-0.2, 0) is 14.6 Å². The van der Waals surface area contributed by atoms with E-state index >= 15 is 0 Å². The number of hydrogen-bond acceptors (Lipinski definition) is 7. The minimum Gasteiger partial charge on any atom is -0.351 e. The summed E-state index contributed by atoms with van der Waals surface area (Å²) in [6.07, 6.45) is 3.81. The summed E-state index contributed by atoms with van der Waals surface area (Å²) in [6.45, 7) is 1.98. The van der Waals surface area contributed by atoms with Crippen molar-refractivity contribution in [2.45, 2.75) is 41.7 Å². The Kier molecular flexibility index (Phi) is 7.90. The Morgan fingerprint density at radius 3 is 1.98 bits per heavy atom. The van der Waals surface area contributed by atoms with E-state index in [1.807, 2.05) is 40.1 Å². The van der Waals surface area contributed by atoms with Gasteiger partial charge in [0.25, 0.3) is 0 Å². The summed E-state index contributed by atoms with van der Waals surface area (Å²) >= 11 is 0. The van der Waals surface area contributed by atoms with E-state index in [0.29, 0.717) is 48.9 Å². The lowest BCUT2D eigenvalue weighted by Crippen LogP contribution is -2.51. The van der Waals surface area contributed by atoms with Crippen molar-refractivity contribution in [3.05, 3.63) is 96.2 Å². The van der Waals surface area contributed by atoms with Crippen LogP contribution in [0.4, 0.5) is 5.82 Å². The van der Waals surface area contributed by atoms with Gasteiger partial charge in [0.05, 0.1) is 22.0 Å². The minimum atomic E-state index is -4.05. The molecule has 2 fully saturated rings. The van der Waals surface area contributed by atoms with Gasteiger partial charge in [0.15, 0.2) is 11.1 Å². The largest absolute Gasteiger partial charge is 0.351 e. The average Bonchev–Trinajstić information content (AvgIpc) is 3.05. The topological polar surface area (TPSA) is 107 Å². The normalized spacial score (nSPS) is 20.2. The van der Waals surface area contributed by atoms with Crippen LogP contribution in [0.5, 0.6) is 0 Å². The van der Waals surface area contributed by atoms with E-state index in [0.717, 1.165) is 25.7 Å². The van der Waals surface area contributed by atoms with Crippen molar-refractivity contribution in [3.8, 4) is 6.07 Å². The molecule has 2 heterocycles. The monoisotopic (exact) mass is 579 g/mol. The summed E-state index contributed by atoms with van der Waals surface area (Å²) in [6, 6.07) is 27.8. The lowest BCUT2D eigenvalue weighted by molar-refractivity contribution is -0.137. The molecule has 214 valence electrons. The van der Waals surface area contributed by atoms with Gasteiger partial charge in [0.1, 0.15) is 5.69 Å². The summed E-state index contributed by atoms with van der Waals surface area (Å²) in [7, 11) is -4.05.